The van der Waals surface area contributed by atoms with Crippen molar-refractivity contribution in [1.29, 1.82) is 0 Å². The number of ether oxygens (including phenoxy) is 2. The molecule has 1 aliphatic heterocycles. The van der Waals surface area contributed by atoms with Crippen LogP contribution in [0.25, 0.3) is 0 Å². The fourth-order valence-corrected chi connectivity index (χ4v) is 2.97. The maximum absolute atomic E-state index is 12.0. The number of amides is 1. The molecule has 1 heterocycles. The third-order valence-corrected chi connectivity index (χ3v) is 4.64. The summed E-state index contributed by atoms with van der Waals surface area (Å²) >= 11 is 12.2. The standard InChI is InChI=1S/C15H19BCl2NO3/c1-16-14(20)19-6-8-22-15(10-19,5-7-21-2)11-3-4-12(17)13(18)9-11/h3-4,9H,5-8,10H2,1-2H3. The van der Waals surface area contributed by atoms with Gasteiger partial charge in [-0.05, 0) is 17.7 Å². The van der Waals surface area contributed by atoms with E-state index in [2.05, 4.69) is 0 Å². The molecule has 4 nitrogen and oxygen atoms in total. The highest BCUT2D eigenvalue weighted by molar-refractivity contribution is 6.72. The quantitative estimate of drug-likeness (QED) is 0.769. The number of hydrogen-bond acceptors (Lipinski definition) is 3. The minimum Gasteiger partial charge on any atom is -0.385 e. The molecule has 1 amide bonds. The highest BCUT2D eigenvalue weighted by Gasteiger charge is 2.39. The van der Waals surface area contributed by atoms with Gasteiger partial charge in [-0.15, -0.1) is 0 Å². The molecule has 119 valence electrons. The Bertz CT molecular complexity index is 544. The maximum atomic E-state index is 12.0. The first-order valence-electron chi connectivity index (χ1n) is 7.19. The van der Waals surface area contributed by atoms with E-state index in [1.807, 2.05) is 12.1 Å². The molecule has 1 fully saturated rings. The van der Waals surface area contributed by atoms with Gasteiger partial charge in [-0.25, -0.2) is 0 Å². The summed E-state index contributed by atoms with van der Waals surface area (Å²) in [5, 5.41) is 0.975. The summed E-state index contributed by atoms with van der Waals surface area (Å²) in [4.78, 5) is 13.8. The van der Waals surface area contributed by atoms with Crippen molar-refractivity contribution in [3.8, 4) is 0 Å². The van der Waals surface area contributed by atoms with Gasteiger partial charge in [0.1, 0.15) is 5.60 Å². The van der Waals surface area contributed by atoms with Crippen LogP contribution in [0.2, 0.25) is 16.9 Å². The molecule has 0 aromatic heterocycles. The molecule has 1 saturated heterocycles. The normalized spacial score (nSPS) is 21.7. The van der Waals surface area contributed by atoms with Crippen molar-refractivity contribution in [2.45, 2.75) is 18.8 Å². The zero-order valence-corrected chi connectivity index (χ0v) is 14.3. The van der Waals surface area contributed by atoms with Crippen molar-refractivity contribution < 1.29 is 14.3 Å². The monoisotopic (exact) mass is 342 g/mol. The predicted octanol–water partition coefficient (Wildman–Crippen LogP) is 3.43. The van der Waals surface area contributed by atoms with Crippen molar-refractivity contribution in [3.05, 3.63) is 33.8 Å². The molecule has 0 bridgehead atoms. The summed E-state index contributed by atoms with van der Waals surface area (Å²) in [6.45, 7) is 3.80. The van der Waals surface area contributed by atoms with Crippen molar-refractivity contribution in [3.63, 3.8) is 0 Å². The summed E-state index contributed by atoms with van der Waals surface area (Å²) in [5.41, 5.74) is 0.286. The van der Waals surface area contributed by atoms with Gasteiger partial charge >= 0.3 is 0 Å². The molecular weight excluding hydrogens is 324 g/mol. The van der Waals surface area contributed by atoms with Gasteiger partial charge in [-0.3, -0.25) is 4.79 Å². The number of carbonyl (C=O) groups excluding carboxylic acids is 1. The average molecular weight is 343 g/mol. The van der Waals surface area contributed by atoms with Gasteiger partial charge in [0.2, 0.25) is 7.28 Å². The van der Waals surface area contributed by atoms with Crippen molar-refractivity contribution in [2.75, 3.05) is 33.4 Å². The minimum absolute atomic E-state index is 0.00477. The van der Waals surface area contributed by atoms with Crippen LogP contribution in [0.1, 0.15) is 12.0 Å². The summed E-state index contributed by atoms with van der Waals surface area (Å²) in [5.74, 6) is 0.00477. The lowest BCUT2D eigenvalue weighted by Gasteiger charge is -2.43. The third kappa shape index (κ3) is 3.77. The smallest absolute Gasteiger partial charge is 0.229 e. The van der Waals surface area contributed by atoms with Gasteiger partial charge < -0.3 is 14.4 Å². The number of methoxy groups -OCH3 is 1. The Kier molecular flexibility index (Phi) is 6.15. The van der Waals surface area contributed by atoms with Gasteiger partial charge in [0.25, 0.3) is 0 Å². The lowest BCUT2D eigenvalue weighted by Crippen LogP contribution is -2.52. The average Bonchev–Trinajstić information content (AvgIpc) is 2.54. The first kappa shape index (κ1) is 17.6. The van der Waals surface area contributed by atoms with E-state index in [0.717, 1.165) is 5.56 Å². The van der Waals surface area contributed by atoms with Crippen LogP contribution < -0.4 is 0 Å². The Morgan fingerprint density at radius 3 is 2.86 bits per heavy atom. The van der Waals surface area contributed by atoms with E-state index in [0.29, 0.717) is 42.8 Å². The molecular formula is C15H19BCl2NO3. The van der Waals surface area contributed by atoms with Crippen LogP contribution in [0.3, 0.4) is 0 Å². The molecule has 1 aromatic carbocycles. The van der Waals surface area contributed by atoms with Crippen LogP contribution in [-0.4, -0.2) is 51.4 Å². The Morgan fingerprint density at radius 2 is 2.23 bits per heavy atom. The molecule has 0 aliphatic carbocycles. The molecule has 0 saturated carbocycles. The van der Waals surface area contributed by atoms with E-state index in [-0.39, 0.29) is 5.81 Å². The van der Waals surface area contributed by atoms with Crippen molar-refractivity contribution in [1.82, 2.24) is 4.90 Å². The van der Waals surface area contributed by atoms with Crippen LogP contribution in [-0.2, 0) is 15.1 Å². The molecule has 1 atom stereocenters. The SMILES string of the molecule is C[B]C(=O)N1CCOC(CCOC)(c2ccc(Cl)c(Cl)c2)C1. The van der Waals surface area contributed by atoms with E-state index in [9.17, 15) is 4.79 Å². The van der Waals surface area contributed by atoms with Crippen LogP contribution >= 0.6 is 23.2 Å². The Morgan fingerprint density at radius 1 is 1.45 bits per heavy atom. The van der Waals surface area contributed by atoms with E-state index in [1.165, 1.54) is 0 Å². The number of benzene rings is 1. The highest BCUT2D eigenvalue weighted by Crippen LogP contribution is 2.36. The first-order chi connectivity index (χ1) is 10.5. The zero-order chi connectivity index (χ0) is 16.2. The van der Waals surface area contributed by atoms with E-state index in [1.54, 1.807) is 32.2 Å². The van der Waals surface area contributed by atoms with Gasteiger partial charge in [-0.1, -0.05) is 36.1 Å². The molecule has 1 unspecified atom stereocenters. The fourth-order valence-electron chi connectivity index (χ4n) is 2.67. The van der Waals surface area contributed by atoms with Crippen LogP contribution in [0.15, 0.2) is 18.2 Å². The number of rotatable bonds is 5. The number of halogens is 2. The second kappa shape index (κ2) is 7.69. The minimum atomic E-state index is -0.624. The molecule has 0 spiro atoms. The van der Waals surface area contributed by atoms with Gasteiger partial charge in [0, 0.05) is 26.7 Å². The number of morpholine rings is 1. The van der Waals surface area contributed by atoms with Gasteiger partial charge in [0.05, 0.1) is 23.2 Å². The second-order valence-electron chi connectivity index (χ2n) is 5.26. The zero-order valence-electron chi connectivity index (χ0n) is 12.8. The van der Waals surface area contributed by atoms with Crippen molar-refractivity contribution in [2.24, 2.45) is 0 Å². The second-order valence-corrected chi connectivity index (χ2v) is 6.08. The van der Waals surface area contributed by atoms with Crippen LogP contribution in [0, 0.1) is 0 Å². The van der Waals surface area contributed by atoms with Gasteiger partial charge in [-0.2, -0.15) is 0 Å². The van der Waals surface area contributed by atoms with Crippen LogP contribution in [0.4, 0.5) is 4.79 Å². The Labute approximate surface area is 141 Å². The summed E-state index contributed by atoms with van der Waals surface area (Å²) < 4.78 is 11.3. The Balaban J connectivity index is 2.34. The van der Waals surface area contributed by atoms with E-state index in [4.69, 9.17) is 32.7 Å². The molecule has 1 aliphatic rings. The number of nitrogens with zero attached hydrogens (tertiary/aromatic N) is 1. The molecule has 22 heavy (non-hydrogen) atoms. The predicted molar refractivity (Wildman–Crippen MR) is 89.2 cm³/mol. The lowest BCUT2D eigenvalue weighted by atomic mass is 9.79. The number of hydrogen-bond donors (Lipinski definition) is 0. The van der Waals surface area contributed by atoms with Gasteiger partial charge in [0.15, 0.2) is 5.81 Å². The third-order valence-electron chi connectivity index (χ3n) is 3.90. The topological polar surface area (TPSA) is 38.8 Å². The molecule has 7 heteroatoms. The maximum Gasteiger partial charge on any atom is 0.229 e. The first-order valence-corrected chi connectivity index (χ1v) is 7.94. The fraction of sp³-hybridized carbons (Fsp3) is 0.533. The van der Waals surface area contributed by atoms with E-state index < -0.39 is 5.60 Å². The number of carbonyl (C=O) groups is 1. The summed E-state index contributed by atoms with van der Waals surface area (Å²) in [6, 6.07) is 5.46. The lowest BCUT2D eigenvalue weighted by molar-refractivity contribution is -0.114. The molecule has 1 aromatic rings. The molecule has 2 rings (SSSR count). The molecule has 0 N–H and O–H groups in total. The largest absolute Gasteiger partial charge is 0.385 e. The van der Waals surface area contributed by atoms with E-state index >= 15 is 0 Å². The molecule has 1 radical (unpaired) electrons. The van der Waals surface area contributed by atoms with Crippen LogP contribution in [0.5, 0.6) is 0 Å². The van der Waals surface area contributed by atoms with Crippen molar-refractivity contribution >= 4 is 36.3 Å². The summed E-state index contributed by atoms with van der Waals surface area (Å²) in [6.07, 6.45) is 0.634. The highest BCUT2D eigenvalue weighted by atomic mass is 35.5. The Hall–Kier alpha value is -0.745. The summed E-state index contributed by atoms with van der Waals surface area (Å²) in [7, 11) is 3.22.